The first-order valence-corrected chi connectivity index (χ1v) is 9.43. The van der Waals surface area contributed by atoms with Crippen molar-refractivity contribution in [2.75, 3.05) is 19.8 Å². The van der Waals surface area contributed by atoms with Gasteiger partial charge in [0, 0.05) is 30.1 Å². The Morgan fingerprint density at radius 2 is 1.95 bits per heavy atom. The molecule has 1 amide bonds. The zero-order valence-corrected chi connectivity index (χ0v) is 14.3. The first kappa shape index (κ1) is 16.0. The Kier molecular flexibility index (Phi) is 4.88. The van der Waals surface area contributed by atoms with E-state index in [9.17, 15) is 4.79 Å². The van der Waals surface area contributed by atoms with Crippen LogP contribution in [-0.4, -0.2) is 25.7 Å². The van der Waals surface area contributed by atoms with Crippen LogP contribution in [0.2, 0.25) is 0 Å². The van der Waals surface area contributed by atoms with Gasteiger partial charge in [-0.2, -0.15) is 0 Å². The molecule has 3 rings (SSSR count). The van der Waals surface area contributed by atoms with E-state index in [1.807, 2.05) is 11.3 Å². The molecule has 1 aliphatic carbocycles. The van der Waals surface area contributed by atoms with Crippen molar-refractivity contribution in [3.8, 4) is 0 Å². The van der Waals surface area contributed by atoms with Crippen molar-refractivity contribution >= 4 is 17.2 Å². The fourth-order valence-electron chi connectivity index (χ4n) is 3.83. The second-order valence-electron chi connectivity index (χ2n) is 7.17. The van der Waals surface area contributed by atoms with Gasteiger partial charge in [0.15, 0.2) is 0 Å². The number of ether oxygens (including phenoxy) is 1. The quantitative estimate of drug-likeness (QED) is 0.914. The average molecular weight is 321 g/mol. The van der Waals surface area contributed by atoms with E-state index >= 15 is 0 Å². The lowest BCUT2D eigenvalue weighted by Crippen LogP contribution is -2.48. The topological polar surface area (TPSA) is 38.3 Å². The summed E-state index contributed by atoms with van der Waals surface area (Å²) in [6.45, 7) is 4.30. The van der Waals surface area contributed by atoms with Crippen molar-refractivity contribution in [2.45, 2.75) is 57.3 Å². The molecule has 122 valence electrons. The minimum absolute atomic E-state index is 0.170. The van der Waals surface area contributed by atoms with E-state index < -0.39 is 0 Å². The van der Waals surface area contributed by atoms with Gasteiger partial charge >= 0.3 is 0 Å². The van der Waals surface area contributed by atoms with E-state index in [1.54, 1.807) is 0 Å². The molecule has 1 aromatic heterocycles. The third-order valence-electron chi connectivity index (χ3n) is 5.59. The Labute approximate surface area is 137 Å². The van der Waals surface area contributed by atoms with Gasteiger partial charge in [0.25, 0.3) is 0 Å². The van der Waals surface area contributed by atoms with Crippen LogP contribution >= 0.6 is 11.3 Å². The molecule has 4 heteroatoms. The predicted octanol–water partition coefficient (Wildman–Crippen LogP) is 3.88. The molecule has 22 heavy (non-hydrogen) atoms. The maximum Gasteiger partial charge on any atom is 0.226 e. The number of carbonyl (C=O) groups excluding carboxylic acids is 1. The molecule has 0 atom stereocenters. The van der Waals surface area contributed by atoms with Gasteiger partial charge in [0.2, 0.25) is 5.91 Å². The summed E-state index contributed by atoms with van der Waals surface area (Å²) in [4.78, 5) is 14.2. The van der Waals surface area contributed by atoms with Gasteiger partial charge in [-0.25, -0.2) is 0 Å². The highest BCUT2D eigenvalue weighted by Crippen LogP contribution is 2.41. The minimum atomic E-state index is -0.246. The van der Waals surface area contributed by atoms with Crippen LogP contribution in [0.15, 0.2) is 17.5 Å². The summed E-state index contributed by atoms with van der Waals surface area (Å²) in [5.41, 5.74) is -0.0762. The molecule has 3 nitrogen and oxygen atoms in total. The van der Waals surface area contributed by atoms with E-state index in [0.29, 0.717) is 13.2 Å². The fraction of sp³-hybridized carbons (Fsp3) is 0.722. The van der Waals surface area contributed by atoms with E-state index in [0.717, 1.165) is 19.4 Å². The lowest BCUT2D eigenvalue weighted by Gasteiger charge is -2.39. The number of amides is 1. The highest BCUT2D eigenvalue weighted by atomic mass is 32.1. The third-order valence-corrected chi connectivity index (χ3v) is 6.70. The summed E-state index contributed by atoms with van der Waals surface area (Å²) >= 11 is 1.84. The van der Waals surface area contributed by atoms with Crippen LogP contribution < -0.4 is 5.32 Å². The number of thiophene rings is 1. The van der Waals surface area contributed by atoms with Crippen molar-refractivity contribution in [1.29, 1.82) is 0 Å². The van der Waals surface area contributed by atoms with Crippen LogP contribution in [0.3, 0.4) is 0 Å². The minimum Gasteiger partial charge on any atom is -0.381 e. The molecule has 0 spiro atoms. The zero-order chi connectivity index (χ0) is 15.5. The summed E-state index contributed by atoms with van der Waals surface area (Å²) in [6.07, 6.45) is 7.96. The second kappa shape index (κ2) is 6.71. The molecule has 1 N–H and O–H groups in total. The molecular formula is C18H27NO2S. The van der Waals surface area contributed by atoms with Crippen molar-refractivity contribution < 1.29 is 9.53 Å². The van der Waals surface area contributed by atoms with Crippen LogP contribution in [0.25, 0.3) is 0 Å². The smallest absolute Gasteiger partial charge is 0.226 e. The average Bonchev–Trinajstić information content (AvgIpc) is 3.09. The van der Waals surface area contributed by atoms with Crippen molar-refractivity contribution in [3.63, 3.8) is 0 Å². The summed E-state index contributed by atoms with van der Waals surface area (Å²) in [7, 11) is 0. The van der Waals surface area contributed by atoms with Crippen LogP contribution in [0.5, 0.6) is 0 Å². The maximum atomic E-state index is 12.7. The number of hydrogen-bond donors (Lipinski definition) is 1. The first-order chi connectivity index (χ1) is 10.6. The Bertz CT molecular complexity index is 485. The summed E-state index contributed by atoms with van der Waals surface area (Å²) in [6, 6.07) is 4.39. The van der Waals surface area contributed by atoms with Gasteiger partial charge in [0.05, 0.1) is 5.41 Å². The maximum absolute atomic E-state index is 12.7. The van der Waals surface area contributed by atoms with Crippen LogP contribution in [-0.2, 0) is 14.9 Å². The van der Waals surface area contributed by atoms with Crippen molar-refractivity contribution in [1.82, 2.24) is 5.32 Å². The summed E-state index contributed by atoms with van der Waals surface area (Å²) < 4.78 is 5.41. The summed E-state index contributed by atoms with van der Waals surface area (Å²) in [5, 5.41) is 5.46. The second-order valence-corrected chi connectivity index (χ2v) is 8.12. The monoisotopic (exact) mass is 321 g/mol. The standard InChI is InChI=1S/C18H27NO2S/c1-17(9-11-21-12-10-17)16(20)19-14-18(7-3-2-4-8-18)15-6-5-13-22-15/h5-6,13H,2-4,7-12,14H2,1H3,(H,19,20). The third kappa shape index (κ3) is 3.23. The van der Waals surface area contributed by atoms with E-state index in [1.165, 1.54) is 37.0 Å². The number of carbonyl (C=O) groups is 1. The lowest BCUT2D eigenvalue weighted by molar-refractivity contribution is -0.135. The van der Waals surface area contributed by atoms with Crippen LogP contribution in [0.4, 0.5) is 0 Å². The molecule has 2 fully saturated rings. The largest absolute Gasteiger partial charge is 0.381 e. The van der Waals surface area contributed by atoms with Gasteiger partial charge in [-0.3, -0.25) is 4.79 Å². The van der Waals surface area contributed by atoms with Gasteiger partial charge in [-0.1, -0.05) is 32.3 Å². The molecular weight excluding hydrogens is 294 g/mol. The molecule has 0 unspecified atom stereocenters. The molecule has 1 saturated carbocycles. The van der Waals surface area contributed by atoms with E-state index in [2.05, 4.69) is 29.8 Å². The molecule has 0 bridgehead atoms. The highest BCUT2D eigenvalue weighted by molar-refractivity contribution is 7.10. The normalized spacial score (nSPS) is 23.9. The van der Waals surface area contributed by atoms with E-state index in [-0.39, 0.29) is 16.7 Å². The first-order valence-electron chi connectivity index (χ1n) is 8.55. The Balaban J connectivity index is 1.68. The lowest BCUT2D eigenvalue weighted by atomic mass is 9.72. The fourth-order valence-corrected chi connectivity index (χ4v) is 4.82. The van der Waals surface area contributed by atoms with Gasteiger partial charge in [-0.05, 0) is 37.1 Å². The van der Waals surface area contributed by atoms with Gasteiger partial charge in [0.1, 0.15) is 0 Å². The Morgan fingerprint density at radius 1 is 1.23 bits per heavy atom. The van der Waals surface area contributed by atoms with Gasteiger partial charge in [-0.15, -0.1) is 11.3 Å². The highest BCUT2D eigenvalue weighted by Gasteiger charge is 2.39. The molecule has 0 aromatic carbocycles. The van der Waals surface area contributed by atoms with Crippen LogP contribution in [0.1, 0.15) is 56.7 Å². The Hall–Kier alpha value is -0.870. The number of hydrogen-bond acceptors (Lipinski definition) is 3. The molecule has 0 radical (unpaired) electrons. The van der Waals surface area contributed by atoms with Crippen molar-refractivity contribution in [3.05, 3.63) is 22.4 Å². The van der Waals surface area contributed by atoms with Gasteiger partial charge < -0.3 is 10.1 Å². The molecule has 2 aliphatic rings. The molecule has 1 aliphatic heterocycles. The van der Waals surface area contributed by atoms with Crippen LogP contribution in [0, 0.1) is 5.41 Å². The number of rotatable bonds is 4. The zero-order valence-electron chi connectivity index (χ0n) is 13.5. The van der Waals surface area contributed by atoms with Crippen molar-refractivity contribution in [2.24, 2.45) is 5.41 Å². The Morgan fingerprint density at radius 3 is 2.59 bits per heavy atom. The summed E-state index contributed by atoms with van der Waals surface area (Å²) in [5.74, 6) is 0.220. The SMILES string of the molecule is CC1(C(=O)NCC2(c3cccs3)CCCCC2)CCOCC1. The molecule has 2 heterocycles. The van der Waals surface area contributed by atoms with E-state index in [4.69, 9.17) is 4.74 Å². The number of nitrogens with one attached hydrogen (secondary N) is 1. The molecule has 1 aromatic rings. The predicted molar refractivity (Wildman–Crippen MR) is 90.3 cm³/mol. The molecule has 1 saturated heterocycles.